The van der Waals surface area contributed by atoms with Crippen molar-refractivity contribution in [1.29, 1.82) is 0 Å². The second-order valence-electron chi connectivity index (χ2n) is 6.41. The average Bonchev–Trinajstić information content (AvgIpc) is 2.86. The fourth-order valence-electron chi connectivity index (χ4n) is 3.27. The molecule has 2 amide bonds. The number of carbonyl (C=O) groups excluding carboxylic acids is 1. The summed E-state index contributed by atoms with van der Waals surface area (Å²) in [5.74, 6) is 0. The zero-order valence-corrected chi connectivity index (χ0v) is 15.2. The molecule has 0 aliphatic carbocycles. The van der Waals surface area contributed by atoms with E-state index in [0.29, 0.717) is 29.6 Å². The molecule has 7 heteroatoms. The second-order valence-corrected chi connectivity index (χ2v) is 7.23. The van der Waals surface area contributed by atoms with Crippen molar-refractivity contribution in [2.45, 2.75) is 37.5 Å². The van der Waals surface area contributed by atoms with Gasteiger partial charge >= 0.3 is 6.03 Å². The normalized spacial score (nSPS) is 27.4. The summed E-state index contributed by atoms with van der Waals surface area (Å²) in [6.45, 7) is 1.81. The van der Waals surface area contributed by atoms with Crippen LogP contribution in [0, 0.1) is 0 Å². The molecule has 1 N–H and O–H groups in total. The molecule has 2 fully saturated rings. The molecule has 0 spiro atoms. The van der Waals surface area contributed by atoms with Gasteiger partial charge in [0, 0.05) is 20.2 Å². The molecule has 5 nitrogen and oxygen atoms in total. The number of rotatable bonds is 5. The molecule has 0 radical (unpaired) electrons. The first-order valence-corrected chi connectivity index (χ1v) is 8.98. The van der Waals surface area contributed by atoms with Gasteiger partial charge in [0.2, 0.25) is 0 Å². The van der Waals surface area contributed by atoms with E-state index in [2.05, 4.69) is 5.32 Å². The number of hydrogen-bond donors (Lipinski definition) is 1. The van der Waals surface area contributed by atoms with E-state index in [0.717, 1.165) is 31.4 Å². The SMILES string of the molecule is CN1CC(CCOC2CCCCO2)(c2ccc(Cl)c(Cl)c2)NC1=O. The van der Waals surface area contributed by atoms with Crippen LogP contribution in [0.3, 0.4) is 0 Å². The molecule has 132 valence electrons. The molecule has 2 aliphatic heterocycles. The van der Waals surface area contributed by atoms with Crippen LogP contribution in [0.1, 0.15) is 31.2 Å². The van der Waals surface area contributed by atoms with Crippen LogP contribution in [-0.4, -0.2) is 44.0 Å². The van der Waals surface area contributed by atoms with Crippen molar-refractivity contribution in [2.75, 3.05) is 26.8 Å². The summed E-state index contributed by atoms with van der Waals surface area (Å²) in [5, 5.41) is 4.06. The molecule has 2 unspecified atom stereocenters. The Morgan fingerprint density at radius 3 is 2.83 bits per heavy atom. The van der Waals surface area contributed by atoms with Crippen molar-refractivity contribution in [3.63, 3.8) is 0 Å². The molecule has 0 saturated carbocycles. The zero-order chi connectivity index (χ0) is 17.2. The molecule has 2 heterocycles. The maximum Gasteiger partial charge on any atom is 0.317 e. The molecule has 2 saturated heterocycles. The van der Waals surface area contributed by atoms with Gasteiger partial charge in [-0.1, -0.05) is 29.3 Å². The van der Waals surface area contributed by atoms with E-state index in [-0.39, 0.29) is 12.3 Å². The van der Waals surface area contributed by atoms with Gasteiger partial charge < -0.3 is 19.7 Å². The Hall–Kier alpha value is -1.01. The lowest BCUT2D eigenvalue weighted by Gasteiger charge is -2.31. The first-order valence-electron chi connectivity index (χ1n) is 8.22. The van der Waals surface area contributed by atoms with Crippen molar-refractivity contribution in [3.8, 4) is 0 Å². The summed E-state index contributed by atoms with van der Waals surface area (Å²) >= 11 is 12.2. The third kappa shape index (κ3) is 3.80. The van der Waals surface area contributed by atoms with Crippen molar-refractivity contribution >= 4 is 29.2 Å². The zero-order valence-electron chi connectivity index (χ0n) is 13.7. The van der Waals surface area contributed by atoms with E-state index in [9.17, 15) is 4.79 Å². The molecule has 2 atom stereocenters. The Labute approximate surface area is 152 Å². The second kappa shape index (κ2) is 7.48. The summed E-state index contributed by atoms with van der Waals surface area (Å²) < 4.78 is 11.5. The predicted molar refractivity (Wildman–Crippen MR) is 93.5 cm³/mol. The number of amides is 2. The van der Waals surface area contributed by atoms with Crippen LogP contribution in [0.25, 0.3) is 0 Å². The minimum atomic E-state index is -0.533. The number of halogens is 2. The summed E-state index contributed by atoms with van der Waals surface area (Å²) in [4.78, 5) is 13.7. The lowest BCUT2D eigenvalue weighted by Crippen LogP contribution is -2.42. The van der Waals surface area contributed by atoms with Crippen LogP contribution < -0.4 is 5.32 Å². The standard InChI is InChI=1S/C17H22Cl2N2O3/c1-21-11-17(20-16(21)22,12-5-6-13(18)14(19)10-12)7-9-24-15-4-2-3-8-23-15/h5-6,10,15H,2-4,7-9,11H2,1H3,(H,20,22). The van der Waals surface area contributed by atoms with Crippen LogP contribution in [-0.2, 0) is 15.0 Å². The minimum Gasteiger partial charge on any atom is -0.353 e. The summed E-state index contributed by atoms with van der Waals surface area (Å²) in [6, 6.07) is 5.39. The largest absolute Gasteiger partial charge is 0.353 e. The van der Waals surface area contributed by atoms with Crippen LogP contribution in [0.15, 0.2) is 18.2 Å². The van der Waals surface area contributed by atoms with Crippen molar-refractivity contribution in [1.82, 2.24) is 10.2 Å². The molecule has 0 aromatic heterocycles. The molecule has 0 bridgehead atoms. The maximum absolute atomic E-state index is 12.1. The van der Waals surface area contributed by atoms with E-state index in [4.69, 9.17) is 32.7 Å². The van der Waals surface area contributed by atoms with Gasteiger partial charge in [-0.15, -0.1) is 0 Å². The lowest BCUT2D eigenvalue weighted by molar-refractivity contribution is -0.164. The Kier molecular flexibility index (Phi) is 5.55. The highest BCUT2D eigenvalue weighted by Crippen LogP contribution is 2.34. The van der Waals surface area contributed by atoms with E-state index < -0.39 is 5.54 Å². The molecule has 1 aromatic rings. The Bertz CT molecular complexity index is 607. The van der Waals surface area contributed by atoms with Crippen LogP contribution in [0.2, 0.25) is 10.0 Å². The highest BCUT2D eigenvalue weighted by molar-refractivity contribution is 6.42. The van der Waals surface area contributed by atoms with Crippen LogP contribution in [0.5, 0.6) is 0 Å². The van der Waals surface area contributed by atoms with E-state index in [1.54, 1.807) is 18.0 Å². The third-order valence-electron chi connectivity index (χ3n) is 4.64. The molecule has 1 aromatic carbocycles. The monoisotopic (exact) mass is 372 g/mol. The highest BCUT2D eigenvalue weighted by Gasteiger charge is 2.42. The number of urea groups is 1. The van der Waals surface area contributed by atoms with Gasteiger partial charge in [0.25, 0.3) is 0 Å². The highest BCUT2D eigenvalue weighted by atomic mass is 35.5. The van der Waals surface area contributed by atoms with Gasteiger partial charge in [0.05, 0.1) is 22.2 Å². The summed E-state index contributed by atoms with van der Waals surface area (Å²) in [6.07, 6.45) is 3.64. The number of likely N-dealkylation sites (N-methyl/N-ethyl adjacent to an activating group) is 1. The lowest BCUT2D eigenvalue weighted by atomic mass is 9.87. The fourth-order valence-corrected chi connectivity index (χ4v) is 3.56. The van der Waals surface area contributed by atoms with Crippen molar-refractivity contribution in [3.05, 3.63) is 33.8 Å². The van der Waals surface area contributed by atoms with Crippen molar-refractivity contribution in [2.24, 2.45) is 0 Å². The number of hydrogen-bond acceptors (Lipinski definition) is 3. The van der Waals surface area contributed by atoms with Gasteiger partial charge in [-0.3, -0.25) is 0 Å². The Balaban J connectivity index is 1.73. The molecule has 24 heavy (non-hydrogen) atoms. The fraction of sp³-hybridized carbons (Fsp3) is 0.588. The Morgan fingerprint density at radius 2 is 2.21 bits per heavy atom. The number of ether oxygens (including phenoxy) is 2. The van der Waals surface area contributed by atoms with E-state index in [1.165, 1.54) is 0 Å². The van der Waals surface area contributed by atoms with E-state index in [1.807, 2.05) is 12.1 Å². The van der Waals surface area contributed by atoms with Gasteiger partial charge in [-0.05, 0) is 43.4 Å². The minimum absolute atomic E-state index is 0.102. The van der Waals surface area contributed by atoms with Gasteiger partial charge in [0.1, 0.15) is 0 Å². The first kappa shape index (κ1) is 17.8. The molecular formula is C17H22Cl2N2O3. The number of benzene rings is 1. The topological polar surface area (TPSA) is 50.8 Å². The maximum atomic E-state index is 12.1. The van der Waals surface area contributed by atoms with Gasteiger partial charge in [-0.25, -0.2) is 4.79 Å². The van der Waals surface area contributed by atoms with Gasteiger partial charge in [0.15, 0.2) is 6.29 Å². The predicted octanol–water partition coefficient (Wildman–Crippen LogP) is 3.78. The first-order chi connectivity index (χ1) is 11.5. The van der Waals surface area contributed by atoms with Crippen molar-refractivity contribution < 1.29 is 14.3 Å². The third-order valence-corrected chi connectivity index (χ3v) is 5.38. The molecule has 2 aliphatic rings. The van der Waals surface area contributed by atoms with Crippen LogP contribution >= 0.6 is 23.2 Å². The molecule has 3 rings (SSSR count). The van der Waals surface area contributed by atoms with Crippen LogP contribution in [0.4, 0.5) is 4.79 Å². The Morgan fingerprint density at radius 1 is 1.38 bits per heavy atom. The summed E-state index contributed by atoms with van der Waals surface area (Å²) in [5.41, 5.74) is 0.400. The smallest absolute Gasteiger partial charge is 0.317 e. The number of carbonyl (C=O) groups is 1. The quantitative estimate of drug-likeness (QED) is 0.855. The number of nitrogens with zero attached hydrogens (tertiary/aromatic N) is 1. The van der Waals surface area contributed by atoms with Gasteiger partial charge in [-0.2, -0.15) is 0 Å². The van der Waals surface area contributed by atoms with E-state index >= 15 is 0 Å². The molecular weight excluding hydrogens is 351 g/mol. The number of nitrogens with one attached hydrogen (secondary N) is 1. The average molecular weight is 373 g/mol. The summed E-state index contributed by atoms with van der Waals surface area (Å²) in [7, 11) is 1.78.